The highest BCUT2D eigenvalue weighted by atomic mass is 16.2. The van der Waals surface area contributed by atoms with Crippen LogP contribution in [0.1, 0.15) is 18.5 Å². The Hall–Kier alpha value is -1.42. The second-order valence-corrected chi connectivity index (χ2v) is 3.55. The monoisotopic (exact) mass is 191 g/mol. The molecule has 1 aliphatic heterocycles. The maximum Gasteiger partial charge on any atom is 0.241 e. The number of pyridine rings is 1. The van der Waals surface area contributed by atoms with Crippen LogP contribution in [0, 0.1) is 0 Å². The highest BCUT2D eigenvalue weighted by Crippen LogP contribution is 2.24. The lowest BCUT2D eigenvalue weighted by Crippen LogP contribution is -2.61. The van der Waals surface area contributed by atoms with Crippen molar-refractivity contribution in [2.45, 2.75) is 19.0 Å². The minimum absolute atomic E-state index is 0.0364. The number of hydrogen-bond donors (Lipinski definition) is 1. The van der Waals surface area contributed by atoms with Crippen LogP contribution in [0.4, 0.5) is 0 Å². The van der Waals surface area contributed by atoms with Crippen molar-refractivity contribution in [3.8, 4) is 0 Å². The SMILES string of the molecule is CC(c1ccncc1)N1CC(N)C1=O. The molecule has 1 amide bonds. The Kier molecular flexibility index (Phi) is 2.21. The van der Waals surface area contributed by atoms with E-state index in [0.717, 1.165) is 5.56 Å². The van der Waals surface area contributed by atoms with Crippen molar-refractivity contribution in [1.82, 2.24) is 9.88 Å². The zero-order chi connectivity index (χ0) is 10.1. The number of hydrogen-bond acceptors (Lipinski definition) is 3. The fourth-order valence-electron chi connectivity index (χ4n) is 1.65. The van der Waals surface area contributed by atoms with Gasteiger partial charge in [0.15, 0.2) is 0 Å². The third-order valence-electron chi connectivity index (χ3n) is 2.65. The Labute approximate surface area is 82.7 Å². The molecule has 2 rings (SSSR count). The Morgan fingerprint density at radius 1 is 1.57 bits per heavy atom. The molecule has 4 nitrogen and oxygen atoms in total. The Balaban J connectivity index is 2.10. The molecule has 2 heterocycles. The van der Waals surface area contributed by atoms with Gasteiger partial charge in [-0.15, -0.1) is 0 Å². The van der Waals surface area contributed by atoms with Crippen molar-refractivity contribution in [3.05, 3.63) is 30.1 Å². The van der Waals surface area contributed by atoms with Crippen LogP contribution < -0.4 is 5.73 Å². The van der Waals surface area contributed by atoms with E-state index in [2.05, 4.69) is 4.98 Å². The summed E-state index contributed by atoms with van der Waals surface area (Å²) in [6.45, 7) is 2.65. The summed E-state index contributed by atoms with van der Waals surface area (Å²) < 4.78 is 0. The van der Waals surface area contributed by atoms with Gasteiger partial charge in [0.1, 0.15) is 6.04 Å². The number of aromatic nitrogens is 1. The van der Waals surface area contributed by atoms with Crippen molar-refractivity contribution in [3.63, 3.8) is 0 Å². The molecule has 0 radical (unpaired) electrons. The lowest BCUT2D eigenvalue weighted by molar-refractivity contribution is -0.145. The molecule has 1 fully saturated rings. The fourth-order valence-corrected chi connectivity index (χ4v) is 1.65. The molecule has 1 aromatic rings. The van der Waals surface area contributed by atoms with Crippen LogP contribution in [0.5, 0.6) is 0 Å². The molecule has 0 spiro atoms. The first kappa shape index (κ1) is 9.15. The van der Waals surface area contributed by atoms with Crippen LogP contribution in [0.25, 0.3) is 0 Å². The van der Waals surface area contributed by atoms with Crippen molar-refractivity contribution in [1.29, 1.82) is 0 Å². The van der Waals surface area contributed by atoms with E-state index in [0.29, 0.717) is 6.54 Å². The number of rotatable bonds is 2. The number of carbonyl (C=O) groups is 1. The predicted molar refractivity (Wildman–Crippen MR) is 52.3 cm³/mol. The smallest absolute Gasteiger partial charge is 0.241 e. The summed E-state index contributed by atoms with van der Waals surface area (Å²) in [5.74, 6) is 0.0364. The van der Waals surface area contributed by atoms with E-state index in [1.165, 1.54) is 0 Å². The molecule has 0 saturated carbocycles. The van der Waals surface area contributed by atoms with Gasteiger partial charge in [0, 0.05) is 18.9 Å². The number of amides is 1. The molecular weight excluding hydrogens is 178 g/mol. The quantitative estimate of drug-likeness (QED) is 0.684. The standard InChI is InChI=1S/C10H13N3O/c1-7(8-2-4-12-5-3-8)13-6-9(11)10(13)14/h2-5,7,9H,6,11H2,1H3. The van der Waals surface area contributed by atoms with Gasteiger partial charge in [-0.1, -0.05) is 0 Å². The number of nitrogens with two attached hydrogens (primary N) is 1. The number of β-lactam (4-membered cyclic amide) rings is 1. The minimum Gasteiger partial charge on any atom is -0.332 e. The molecule has 0 bridgehead atoms. The molecule has 74 valence electrons. The van der Waals surface area contributed by atoms with Crippen LogP contribution in [0.15, 0.2) is 24.5 Å². The molecular formula is C10H13N3O. The summed E-state index contributed by atoms with van der Waals surface area (Å²) in [6, 6.07) is 3.65. The zero-order valence-corrected chi connectivity index (χ0v) is 8.05. The molecule has 1 aromatic heterocycles. The van der Waals surface area contributed by atoms with Gasteiger partial charge in [0.25, 0.3) is 0 Å². The summed E-state index contributed by atoms with van der Waals surface area (Å²) in [4.78, 5) is 17.1. The molecule has 2 unspecified atom stereocenters. The lowest BCUT2D eigenvalue weighted by atomic mass is 10.0. The number of likely N-dealkylation sites (tertiary alicyclic amines) is 1. The average molecular weight is 191 g/mol. The van der Waals surface area contributed by atoms with Gasteiger partial charge >= 0.3 is 0 Å². The summed E-state index contributed by atoms with van der Waals surface area (Å²) in [7, 11) is 0. The van der Waals surface area contributed by atoms with E-state index in [4.69, 9.17) is 5.73 Å². The highest BCUT2D eigenvalue weighted by molar-refractivity contribution is 5.88. The van der Waals surface area contributed by atoms with Gasteiger partial charge in [-0.3, -0.25) is 9.78 Å². The van der Waals surface area contributed by atoms with E-state index in [-0.39, 0.29) is 18.0 Å². The minimum atomic E-state index is -0.292. The molecule has 2 N–H and O–H groups in total. The number of carbonyl (C=O) groups excluding carboxylic acids is 1. The first-order valence-corrected chi connectivity index (χ1v) is 4.66. The van der Waals surface area contributed by atoms with E-state index in [1.807, 2.05) is 19.1 Å². The van der Waals surface area contributed by atoms with Crippen LogP contribution in [-0.4, -0.2) is 28.4 Å². The van der Waals surface area contributed by atoms with Crippen LogP contribution in [0.3, 0.4) is 0 Å². The Morgan fingerprint density at radius 3 is 2.71 bits per heavy atom. The van der Waals surface area contributed by atoms with Gasteiger partial charge in [-0.2, -0.15) is 0 Å². The molecule has 14 heavy (non-hydrogen) atoms. The van der Waals surface area contributed by atoms with E-state index < -0.39 is 0 Å². The molecule has 0 aromatic carbocycles. The zero-order valence-electron chi connectivity index (χ0n) is 8.05. The maximum absolute atomic E-state index is 11.4. The summed E-state index contributed by atoms with van der Waals surface area (Å²) in [5.41, 5.74) is 6.62. The lowest BCUT2D eigenvalue weighted by Gasteiger charge is -2.40. The average Bonchev–Trinajstić information content (AvgIpc) is 2.25. The van der Waals surface area contributed by atoms with Crippen molar-refractivity contribution >= 4 is 5.91 Å². The first-order valence-electron chi connectivity index (χ1n) is 4.66. The summed E-state index contributed by atoms with van der Waals surface area (Å²) in [6.07, 6.45) is 3.46. The molecule has 4 heteroatoms. The Morgan fingerprint density at radius 2 is 2.21 bits per heavy atom. The third-order valence-corrected chi connectivity index (χ3v) is 2.65. The largest absolute Gasteiger partial charge is 0.332 e. The third kappa shape index (κ3) is 1.37. The van der Waals surface area contributed by atoms with E-state index >= 15 is 0 Å². The van der Waals surface area contributed by atoms with Crippen LogP contribution >= 0.6 is 0 Å². The summed E-state index contributed by atoms with van der Waals surface area (Å²) in [5, 5.41) is 0. The van der Waals surface area contributed by atoms with Crippen molar-refractivity contribution in [2.75, 3.05) is 6.54 Å². The first-order chi connectivity index (χ1) is 6.70. The van der Waals surface area contributed by atoms with Crippen LogP contribution in [-0.2, 0) is 4.79 Å². The predicted octanol–water partition coefficient (Wildman–Crippen LogP) is 0.312. The fraction of sp³-hybridized carbons (Fsp3) is 0.400. The van der Waals surface area contributed by atoms with Gasteiger partial charge in [-0.25, -0.2) is 0 Å². The van der Waals surface area contributed by atoms with Crippen LogP contribution in [0.2, 0.25) is 0 Å². The van der Waals surface area contributed by atoms with Crippen molar-refractivity contribution in [2.24, 2.45) is 5.73 Å². The van der Waals surface area contributed by atoms with Gasteiger partial charge in [-0.05, 0) is 24.6 Å². The van der Waals surface area contributed by atoms with E-state index in [9.17, 15) is 4.79 Å². The molecule has 2 atom stereocenters. The highest BCUT2D eigenvalue weighted by Gasteiger charge is 2.36. The van der Waals surface area contributed by atoms with Gasteiger partial charge in [0.2, 0.25) is 5.91 Å². The normalized spacial score (nSPS) is 23.1. The topological polar surface area (TPSA) is 59.2 Å². The van der Waals surface area contributed by atoms with E-state index in [1.54, 1.807) is 17.3 Å². The molecule has 1 aliphatic rings. The van der Waals surface area contributed by atoms with Gasteiger partial charge in [0.05, 0.1) is 6.04 Å². The van der Waals surface area contributed by atoms with Gasteiger partial charge < -0.3 is 10.6 Å². The second-order valence-electron chi connectivity index (χ2n) is 3.55. The van der Waals surface area contributed by atoms with Crippen molar-refractivity contribution < 1.29 is 4.79 Å². The Bertz CT molecular complexity index is 338. The maximum atomic E-state index is 11.4. The number of nitrogens with zero attached hydrogens (tertiary/aromatic N) is 2. The summed E-state index contributed by atoms with van der Waals surface area (Å²) >= 11 is 0. The second kappa shape index (κ2) is 3.38. The molecule has 1 saturated heterocycles. The molecule has 0 aliphatic carbocycles.